The zero-order valence-corrected chi connectivity index (χ0v) is 14.1. The predicted octanol–water partition coefficient (Wildman–Crippen LogP) is 2.16. The first-order chi connectivity index (χ1) is 11.8. The van der Waals surface area contributed by atoms with Gasteiger partial charge in [-0.2, -0.15) is 0 Å². The molecule has 6 heteroatoms. The Hall–Kier alpha value is -2.37. The molecule has 0 radical (unpaired) electrons. The van der Waals surface area contributed by atoms with Gasteiger partial charge in [-0.3, -0.25) is 4.79 Å². The summed E-state index contributed by atoms with van der Waals surface area (Å²) >= 11 is 0. The molecule has 1 aliphatic heterocycles. The van der Waals surface area contributed by atoms with Crippen molar-refractivity contribution in [2.75, 3.05) is 19.7 Å². The van der Waals surface area contributed by atoms with E-state index in [2.05, 4.69) is 21.7 Å². The number of likely N-dealkylation sites (tertiary alicyclic amines) is 1. The Bertz CT molecular complexity index is 648. The van der Waals surface area contributed by atoms with Gasteiger partial charge in [0.2, 0.25) is 0 Å². The van der Waals surface area contributed by atoms with Gasteiger partial charge >= 0.3 is 0 Å². The van der Waals surface area contributed by atoms with Crippen LogP contribution in [0.4, 0.5) is 0 Å². The first kappa shape index (κ1) is 16.5. The number of nitrogens with zero attached hydrogens (tertiary/aromatic N) is 4. The molecule has 1 amide bonds. The van der Waals surface area contributed by atoms with Gasteiger partial charge in [0.15, 0.2) is 6.61 Å². The highest BCUT2D eigenvalue weighted by Crippen LogP contribution is 2.21. The molecule has 0 N–H and O–H groups in total. The zero-order chi connectivity index (χ0) is 16.8. The highest BCUT2D eigenvalue weighted by Gasteiger charge is 2.24. The van der Waals surface area contributed by atoms with Crippen molar-refractivity contribution < 1.29 is 9.53 Å². The van der Waals surface area contributed by atoms with Crippen molar-refractivity contribution in [1.82, 2.24) is 19.7 Å². The van der Waals surface area contributed by atoms with Gasteiger partial charge in [0.05, 0.1) is 0 Å². The smallest absolute Gasteiger partial charge is 0.260 e. The first-order valence-corrected chi connectivity index (χ1v) is 8.58. The van der Waals surface area contributed by atoms with Gasteiger partial charge in [-0.05, 0) is 37.8 Å². The van der Waals surface area contributed by atoms with Gasteiger partial charge in [0.1, 0.15) is 17.9 Å². The zero-order valence-electron chi connectivity index (χ0n) is 14.1. The van der Waals surface area contributed by atoms with Crippen molar-refractivity contribution in [2.45, 2.75) is 32.7 Å². The van der Waals surface area contributed by atoms with Crippen LogP contribution in [0.15, 0.2) is 36.7 Å². The number of hydrogen-bond donors (Lipinski definition) is 0. The molecule has 1 aromatic carbocycles. The average molecular weight is 328 g/mol. The van der Waals surface area contributed by atoms with Crippen LogP contribution in [0.5, 0.6) is 5.75 Å². The minimum Gasteiger partial charge on any atom is -0.484 e. The lowest BCUT2D eigenvalue weighted by atomic mass is 9.93. The minimum absolute atomic E-state index is 0.0639. The predicted molar refractivity (Wildman–Crippen MR) is 90.6 cm³/mol. The number of aromatic nitrogens is 3. The summed E-state index contributed by atoms with van der Waals surface area (Å²) in [5, 5.41) is 8.20. The summed E-state index contributed by atoms with van der Waals surface area (Å²) in [7, 11) is 0. The Balaban J connectivity index is 1.43. The quantitative estimate of drug-likeness (QED) is 0.815. The Labute approximate surface area is 142 Å². The van der Waals surface area contributed by atoms with Crippen molar-refractivity contribution in [3.8, 4) is 5.75 Å². The van der Waals surface area contributed by atoms with E-state index in [-0.39, 0.29) is 12.5 Å². The molecule has 1 aromatic heterocycles. The molecule has 24 heavy (non-hydrogen) atoms. The molecule has 0 aliphatic carbocycles. The van der Waals surface area contributed by atoms with E-state index in [9.17, 15) is 4.79 Å². The highest BCUT2D eigenvalue weighted by atomic mass is 16.5. The number of ether oxygens (including phenoxy) is 1. The van der Waals surface area contributed by atoms with Crippen LogP contribution in [-0.4, -0.2) is 45.3 Å². The molecular weight excluding hydrogens is 304 g/mol. The number of hydrogen-bond acceptors (Lipinski definition) is 4. The van der Waals surface area contributed by atoms with Crippen LogP contribution in [0.1, 0.15) is 25.6 Å². The number of carbonyl (C=O) groups excluding carboxylic acids is 1. The van der Waals surface area contributed by atoms with Gasteiger partial charge in [-0.15, -0.1) is 10.2 Å². The Morgan fingerprint density at radius 1 is 1.25 bits per heavy atom. The second kappa shape index (κ2) is 7.95. The SMILES string of the molecule is CCn1cnnc1CC1CCN(C(=O)COc2ccccc2)CC1. The fourth-order valence-electron chi connectivity index (χ4n) is 3.10. The van der Waals surface area contributed by atoms with Crippen LogP contribution in [0.25, 0.3) is 0 Å². The molecule has 0 unspecified atom stereocenters. The molecule has 0 spiro atoms. The molecule has 3 rings (SSSR count). The summed E-state index contributed by atoms with van der Waals surface area (Å²) in [4.78, 5) is 14.2. The summed E-state index contributed by atoms with van der Waals surface area (Å²) in [6.07, 6.45) is 4.74. The van der Waals surface area contributed by atoms with E-state index in [1.54, 1.807) is 6.33 Å². The minimum atomic E-state index is 0.0639. The molecule has 0 saturated carbocycles. The van der Waals surface area contributed by atoms with Crippen molar-refractivity contribution in [3.63, 3.8) is 0 Å². The summed E-state index contributed by atoms with van der Waals surface area (Å²) < 4.78 is 7.64. The number of carbonyl (C=O) groups is 1. The summed E-state index contributed by atoms with van der Waals surface area (Å²) in [6.45, 7) is 4.69. The maximum absolute atomic E-state index is 12.3. The molecular formula is C18H24N4O2. The highest BCUT2D eigenvalue weighted by molar-refractivity contribution is 5.77. The Morgan fingerprint density at radius 2 is 2.00 bits per heavy atom. The lowest BCUT2D eigenvalue weighted by Crippen LogP contribution is -2.41. The van der Waals surface area contributed by atoms with E-state index in [4.69, 9.17) is 4.74 Å². The lowest BCUT2D eigenvalue weighted by Gasteiger charge is -2.31. The van der Waals surface area contributed by atoms with Crippen molar-refractivity contribution in [1.29, 1.82) is 0 Å². The maximum atomic E-state index is 12.3. The standard InChI is InChI=1S/C18H24N4O2/c1-2-21-14-19-20-17(21)12-15-8-10-22(11-9-15)18(23)13-24-16-6-4-3-5-7-16/h3-7,14-15H,2,8-13H2,1H3. The van der Waals surface area contributed by atoms with Gasteiger partial charge in [0, 0.05) is 26.1 Å². The fourth-order valence-corrected chi connectivity index (χ4v) is 3.10. The molecule has 2 aromatic rings. The molecule has 1 saturated heterocycles. The first-order valence-electron chi connectivity index (χ1n) is 8.58. The van der Waals surface area contributed by atoms with Gasteiger partial charge in [-0.25, -0.2) is 0 Å². The van der Waals surface area contributed by atoms with Crippen LogP contribution < -0.4 is 4.74 Å². The third-order valence-electron chi connectivity index (χ3n) is 4.58. The second-order valence-electron chi connectivity index (χ2n) is 6.16. The third kappa shape index (κ3) is 4.13. The van der Waals surface area contributed by atoms with E-state index < -0.39 is 0 Å². The second-order valence-corrected chi connectivity index (χ2v) is 6.16. The summed E-state index contributed by atoms with van der Waals surface area (Å²) in [6, 6.07) is 9.46. The summed E-state index contributed by atoms with van der Waals surface area (Å²) in [5.74, 6) is 2.42. The van der Waals surface area contributed by atoms with E-state index in [1.165, 1.54) is 0 Å². The lowest BCUT2D eigenvalue weighted by molar-refractivity contribution is -0.134. The molecule has 128 valence electrons. The monoisotopic (exact) mass is 328 g/mol. The van der Waals surface area contributed by atoms with Crippen LogP contribution in [0.2, 0.25) is 0 Å². The van der Waals surface area contributed by atoms with Crippen molar-refractivity contribution in [2.24, 2.45) is 5.92 Å². The summed E-state index contributed by atoms with van der Waals surface area (Å²) in [5.41, 5.74) is 0. The van der Waals surface area contributed by atoms with Crippen molar-refractivity contribution in [3.05, 3.63) is 42.5 Å². The van der Waals surface area contributed by atoms with Crippen LogP contribution in [0.3, 0.4) is 0 Å². The Morgan fingerprint density at radius 3 is 2.71 bits per heavy atom. The largest absolute Gasteiger partial charge is 0.484 e. The topological polar surface area (TPSA) is 60.2 Å². The van der Waals surface area contributed by atoms with Gasteiger partial charge in [-0.1, -0.05) is 18.2 Å². The number of aryl methyl sites for hydroxylation is 1. The maximum Gasteiger partial charge on any atom is 0.260 e. The number of amides is 1. The molecule has 0 atom stereocenters. The van der Waals surface area contributed by atoms with E-state index in [1.807, 2.05) is 35.2 Å². The number of piperidine rings is 1. The molecule has 1 aliphatic rings. The Kier molecular flexibility index (Phi) is 5.46. The normalized spacial score (nSPS) is 15.5. The molecule has 6 nitrogen and oxygen atoms in total. The van der Waals surface area contributed by atoms with Gasteiger partial charge in [0.25, 0.3) is 5.91 Å². The van der Waals surface area contributed by atoms with Crippen LogP contribution >= 0.6 is 0 Å². The third-order valence-corrected chi connectivity index (χ3v) is 4.58. The number of rotatable bonds is 6. The fraction of sp³-hybridized carbons (Fsp3) is 0.500. The van der Waals surface area contributed by atoms with E-state index >= 15 is 0 Å². The number of benzene rings is 1. The average Bonchev–Trinajstić information content (AvgIpc) is 3.08. The van der Waals surface area contributed by atoms with Crippen LogP contribution in [0, 0.1) is 5.92 Å². The van der Waals surface area contributed by atoms with E-state index in [0.717, 1.165) is 50.5 Å². The van der Waals surface area contributed by atoms with Crippen LogP contribution in [-0.2, 0) is 17.8 Å². The molecule has 2 heterocycles. The van der Waals surface area contributed by atoms with Gasteiger partial charge < -0.3 is 14.2 Å². The van der Waals surface area contributed by atoms with E-state index in [0.29, 0.717) is 5.92 Å². The van der Waals surface area contributed by atoms with Crippen molar-refractivity contribution >= 4 is 5.91 Å². The molecule has 0 bridgehead atoms. The molecule has 1 fully saturated rings. The number of para-hydroxylation sites is 1.